The maximum atomic E-state index is 13.8. The minimum absolute atomic E-state index is 0.313. The summed E-state index contributed by atoms with van der Waals surface area (Å²) in [5.41, 5.74) is 0. The molecule has 0 aliphatic heterocycles. The molecule has 0 aliphatic rings. The van der Waals surface area contributed by atoms with Crippen LogP contribution in [0.3, 0.4) is 0 Å². The van der Waals surface area contributed by atoms with Gasteiger partial charge in [0.1, 0.15) is 0 Å². The number of hydrogen-bond donors (Lipinski definition) is 0. The Morgan fingerprint density at radius 3 is 0.513 bits per heavy atom. The van der Waals surface area contributed by atoms with E-state index in [9.17, 15) is 14.4 Å². The Bertz CT molecular complexity index is 2710. The molecule has 0 radical (unpaired) electrons. The fourth-order valence-electron chi connectivity index (χ4n) is 10.6. The summed E-state index contributed by atoms with van der Waals surface area (Å²) in [6.45, 7) is -10.8. The number of carbonyl (C=O) groups is 3. The van der Waals surface area contributed by atoms with Crippen LogP contribution in [0.1, 0.15) is 20.8 Å². The molecule has 0 unspecified atom stereocenters. The Kier molecular flexibility index (Phi) is 15.8. The van der Waals surface area contributed by atoms with Crippen LogP contribution >= 0.6 is 20.5 Å². The van der Waals surface area contributed by atoms with Crippen molar-refractivity contribution >= 4 is 93.5 Å². The van der Waals surface area contributed by atoms with Crippen molar-refractivity contribution in [3.63, 3.8) is 0 Å². The quantitative estimate of drug-likeness (QED) is 0.0301. The molecule has 0 N–H and O–H groups in total. The number of benzene rings is 9. The first-order valence-corrected chi connectivity index (χ1v) is 32.0. The van der Waals surface area contributed by atoms with E-state index >= 15 is 0 Å². The van der Waals surface area contributed by atoms with Gasteiger partial charge in [0, 0.05) is 0 Å². The molecule has 0 saturated carbocycles. The minimum atomic E-state index is -4.99. The van der Waals surface area contributed by atoms with Crippen LogP contribution in [0.5, 0.6) is 0 Å². The second-order valence-corrected chi connectivity index (χ2v) is 31.9. The average Bonchev–Trinajstić information content (AvgIpc) is 3.63. The first-order chi connectivity index (χ1) is 37.0. The first-order valence-electron chi connectivity index (χ1n) is 25.0. The van der Waals surface area contributed by atoms with Gasteiger partial charge in [-0.05, 0) is 0 Å². The molecule has 9 rings (SSSR count). The van der Waals surface area contributed by atoms with Gasteiger partial charge in [-0.1, -0.05) is 0 Å². The molecule has 9 aromatic rings. The molecule has 0 atom stereocenters. The zero-order chi connectivity index (χ0) is 53.0. The summed E-state index contributed by atoms with van der Waals surface area (Å²) in [6, 6.07) is 88.1. The van der Waals surface area contributed by atoms with Crippen molar-refractivity contribution in [3.05, 3.63) is 273 Å². The van der Waals surface area contributed by atoms with Gasteiger partial charge in [0.2, 0.25) is 0 Å². The van der Waals surface area contributed by atoms with Crippen LogP contribution in [0.2, 0.25) is 0 Å². The molecular formula is C63H60BO9P3. The van der Waals surface area contributed by atoms with Crippen molar-refractivity contribution in [2.24, 2.45) is 0 Å². The molecule has 9 aromatic carbocycles. The fourth-order valence-corrected chi connectivity index (χ4v) is 26.0. The van der Waals surface area contributed by atoms with Crippen LogP contribution in [-0.2, 0) is 41.9 Å². The Labute approximate surface area is 446 Å². The number of carbonyl (C=O) groups excluding carboxylic acids is 3. The third-order valence-electron chi connectivity index (χ3n) is 14.2. The van der Waals surface area contributed by atoms with Crippen molar-refractivity contribution in [1.82, 2.24) is 0 Å². The van der Waals surface area contributed by atoms with Crippen molar-refractivity contribution in [1.29, 1.82) is 0 Å². The van der Waals surface area contributed by atoms with Crippen molar-refractivity contribution in [2.45, 2.75) is 20.8 Å². The van der Waals surface area contributed by atoms with Gasteiger partial charge >= 0.3 is 448 Å². The monoisotopic (exact) mass is 1060 g/mol. The summed E-state index contributed by atoms with van der Waals surface area (Å²) in [4.78, 5) is 41.3. The van der Waals surface area contributed by atoms with E-state index in [-0.39, 0.29) is 19.0 Å². The summed E-state index contributed by atoms with van der Waals surface area (Å²) in [6.07, 6.45) is -0.940. The van der Waals surface area contributed by atoms with Gasteiger partial charge in [-0.15, -0.1) is 0 Å². The second-order valence-electron chi connectivity index (χ2n) is 18.6. The molecular weight excluding hydrogens is 1000 g/mol. The molecule has 76 heavy (non-hydrogen) atoms. The fraction of sp³-hybridized carbons (Fsp3) is 0.0952. The molecule has 13 heteroatoms. The van der Waals surface area contributed by atoms with E-state index in [1.54, 1.807) is 0 Å². The van der Waals surface area contributed by atoms with E-state index in [1.807, 2.05) is 273 Å². The van der Waals surface area contributed by atoms with E-state index in [1.165, 1.54) is 20.8 Å². The topological polar surface area (TPSA) is 107 Å². The number of esters is 3. The van der Waals surface area contributed by atoms with Gasteiger partial charge in [-0.3, -0.25) is 0 Å². The second kappa shape index (κ2) is 22.5. The van der Waals surface area contributed by atoms with E-state index < -0.39 is 45.7 Å². The summed E-state index contributed by atoms with van der Waals surface area (Å²) < 4.78 is 45.4. The molecule has 384 valence electrons. The molecule has 0 fully saturated rings. The Morgan fingerprint density at radius 1 is 0.263 bits per heavy atom. The zero-order valence-electron chi connectivity index (χ0n) is 42.7. The van der Waals surface area contributed by atoms with Crippen LogP contribution < -0.4 is 47.7 Å². The van der Waals surface area contributed by atoms with Crippen LogP contribution in [0.25, 0.3) is 0 Å². The molecule has 9 nitrogen and oxygen atoms in total. The van der Waals surface area contributed by atoms with E-state index in [0.29, 0.717) is 47.7 Å². The molecule has 0 spiro atoms. The van der Waals surface area contributed by atoms with E-state index in [4.69, 9.17) is 27.5 Å². The predicted molar refractivity (Wildman–Crippen MR) is 314 cm³/mol. The molecule has 0 amide bonds. The zero-order valence-corrected chi connectivity index (χ0v) is 45.4. The van der Waals surface area contributed by atoms with Crippen molar-refractivity contribution in [2.75, 3.05) is 19.0 Å². The summed E-state index contributed by atoms with van der Waals surface area (Å²) in [5, 5.41) is 6.15. The van der Waals surface area contributed by atoms with Gasteiger partial charge in [0.25, 0.3) is 0 Å². The Balaban J connectivity index is 1.56. The molecule has 0 aromatic heterocycles. The average molecular weight is 1060 g/mol. The molecule has 0 aliphatic carbocycles. The van der Waals surface area contributed by atoms with Gasteiger partial charge in [0.05, 0.1) is 0 Å². The third-order valence-corrected chi connectivity index (χ3v) is 30.5. The maximum absolute atomic E-state index is 13.8. The number of rotatable bonds is 21. The van der Waals surface area contributed by atoms with Gasteiger partial charge < -0.3 is 0 Å². The first kappa shape index (κ1) is 53.5. The number of ether oxygens (including phenoxy) is 3. The predicted octanol–water partition coefficient (Wildman–Crippen LogP) is 9.92. The standard InChI is InChI=1S/C63H60BO9P3/c1-52(65)68-49-74(55-31-13-4-14-32-55,56-33-15-5-16-34-56,57-35-17-6-18-36-57)71-64(72-75(50-69-53(2)66,58-37-19-7-20-38-58,59-39-21-8-22-40-59)60-41-23-9-24-42-60)73-76(51-70-54(3)67,61-43-25-10-26-44-61,62-45-27-11-28-46-62)63-47-29-12-30-48-63/h4-48H,49-51H2,1-3H3. The third kappa shape index (κ3) is 9.30. The molecule has 0 saturated heterocycles. The van der Waals surface area contributed by atoms with Gasteiger partial charge in [-0.2, -0.15) is 0 Å². The van der Waals surface area contributed by atoms with E-state index in [0.717, 1.165) is 0 Å². The van der Waals surface area contributed by atoms with Crippen LogP contribution in [0, 0.1) is 0 Å². The van der Waals surface area contributed by atoms with Crippen molar-refractivity contribution < 1.29 is 41.9 Å². The van der Waals surface area contributed by atoms with Crippen LogP contribution in [0.4, 0.5) is 0 Å². The van der Waals surface area contributed by atoms with Crippen LogP contribution in [0.15, 0.2) is 273 Å². The van der Waals surface area contributed by atoms with Gasteiger partial charge in [-0.25, -0.2) is 0 Å². The summed E-state index contributed by atoms with van der Waals surface area (Å²) >= 11 is 0. The Morgan fingerprint density at radius 2 is 0.395 bits per heavy atom. The normalized spacial score (nSPS) is 13.2. The van der Waals surface area contributed by atoms with Crippen molar-refractivity contribution in [3.8, 4) is 0 Å². The van der Waals surface area contributed by atoms with E-state index in [2.05, 4.69) is 0 Å². The SMILES string of the molecule is CC(=O)OCP(OB(OP(COC(C)=O)(c1ccccc1)(c1ccccc1)c1ccccc1)OP(COC(C)=O)(c1ccccc1)(c1ccccc1)c1ccccc1)(c1ccccc1)(c1ccccc1)c1ccccc1. The molecule has 0 bridgehead atoms. The molecule has 0 heterocycles. The summed E-state index contributed by atoms with van der Waals surface area (Å²) in [5.74, 6) is -1.63. The summed E-state index contributed by atoms with van der Waals surface area (Å²) in [7, 11) is -1.89. The number of hydrogen-bond acceptors (Lipinski definition) is 9. The van der Waals surface area contributed by atoms with Gasteiger partial charge in [0.15, 0.2) is 0 Å². The Hall–Kier alpha value is -7.38. The van der Waals surface area contributed by atoms with Crippen LogP contribution in [-0.4, -0.2) is 44.3 Å².